The molecule has 8 heteroatoms. The first-order chi connectivity index (χ1) is 10.2. The molecular formula is C14H17N3O3S2. The molecule has 0 saturated carbocycles. The Labute approximate surface area is 133 Å². The molecular weight excluding hydrogens is 322 g/mol. The molecule has 0 aliphatic carbocycles. The van der Waals surface area contributed by atoms with E-state index >= 15 is 0 Å². The van der Waals surface area contributed by atoms with Crippen LogP contribution in [0.4, 0.5) is 10.8 Å². The molecule has 1 heterocycles. The highest BCUT2D eigenvalue weighted by atomic mass is 32.2. The van der Waals surface area contributed by atoms with E-state index in [0.717, 1.165) is 34.4 Å². The van der Waals surface area contributed by atoms with Crippen LogP contribution >= 0.6 is 11.3 Å². The SMILES string of the molecule is Cc1ccc(NC(=O)c2sc(NS(C)(=O)=O)nc2C)c(C)c1. The van der Waals surface area contributed by atoms with Crippen molar-refractivity contribution < 1.29 is 13.2 Å². The highest BCUT2D eigenvalue weighted by Gasteiger charge is 2.17. The summed E-state index contributed by atoms with van der Waals surface area (Å²) in [6.07, 6.45) is 1.04. The van der Waals surface area contributed by atoms with Crippen molar-refractivity contribution >= 4 is 38.1 Å². The monoisotopic (exact) mass is 339 g/mol. The molecule has 1 amide bonds. The molecule has 2 aromatic rings. The molecule has 0 unspecified atom stereocenters. The molecule has 0 bridgehead atoms. The van der Waals surface area contributed by atoms with Crippen LogP contribution in [0.2, 0.25) is 0 Å². The lowest BCUT2D eigenvalue weighted by atomic mass is 10.1. The maximum atomic E-state index is 12.3. The standard InChI is InChI=1S/C14H17N3O3S2/c1-8-5-6-11(9(2)7-8)16-13(18)12-10(3)15-14(21-12)17-22(4,19)20/h5-7H,1-4H3,(H,15,17)(H,16,18). The molecule has 0 radical (unpaired) electrons. The van der Waals surface area contributed by atoms with Crippen molar-refractivity contribution in [1.29, 1.82) is 0 Å². The Kier molecular flexibility index (Phi) is 4.52. The number of thiazole rings is 1. The Hall–Kier alpha value is -1.93. The number of carbonyl (C=O) groups is 1. The van der Waals surface area contributed by atoms with Crippen molar-refractivity contribution in [2.75, 3.05) is 16.3 Å². The fourth-order valence-corrected chi connectivity index (χ4v) is 3.64. The van der Waals surface area contributed by atoms with E-state index in [1.807, 2.05) is 32.0 Å². The predicted octanol–water partition coefficient (Wildman–Crippen LogP) is 2.69. The molecule has 0 spiro atoms. The van der Waals surface area contributed by atoms with Gasteiger partial charge in [0, 0.05) is 5.69 Å². The normalized spacial score (nSPS) is 11.3. The third kappa shape index (κ3) is 4.05. The zero-order valence-electron chi connectivity index (χ0n) is 12.7. The number of nitrogens with zero attached hydrogens (tertiary/aromatic N) is 1. The summed E-state index contributed by atoms with van der Waals surface area (Å²) < 4.78 is 24.7. The summed E-state index contributed by atoms with van der Waals surface area (Å²) in [7, 11) is -3.41. The van der Waals surface area contributed by atoms with Crippen molar-refractivity contribution in [3.8, 4) is 0 Å². The number of nitrogens with one attached hydrogen (secondary N) is 2. The van der Waals surface area contributed by atoms with Gasteiger partial charge in [-0.2, -0.15) is 0 Å². The van der Waals surface area contributed by atoms with E-state index in [1.165, 1.54) is 0 Å². The maximum absolute atomic E-state index is 12.3. The summed E-state index contributed by atoms with van der Waals surface area (Å²) >= 11 is 1.01. The first-order valence-electron chi connectivity index (χ1n) is 6.49. The van der Waals surface area contributed by atoms with Crippen LogP contribution in [0.5, 0.6) is 0 Å². The van der Waals surface area contributed by atoms with E-state index in [-0.39, 0.29) is 11.0 Å². The van der Waals surface area contributed by atoms with Gasteiger partial charge in [-0.15, -0.1) is 0 Å². The molecule has 6 nitrogen and oxygen atoms in total. The zero-order chi connectivity index (χ0) is 16.5. The van der Waals surface area contributed by atoms with Crippen molar-refractivity contribution in [3.05, 3.63) is 39.9 Å². The number of aryl methyl sites for hydroxylation is 3. The summed E-state index contributed by atoms with van der Waals surface area (Å²) in [4.78, 5) is 16.8. The van der Waals surface area contributed by atoms with Gasteiger partial charge in [0.2, 0.25) is 10.0 Å². The third-order valence-electron chi connectivity index (χ3n) is 2.91. The van der Waals surface area contributed by atoms with Crippen LogP contribution in [0.1, 0.15) is 26.5 Å². The summed E-state index contributed by atoms with van der Waals surface area (Å²) in [6, 6.07) is 5.74. The van der Waals surface area contributed by atoms with E-state index in [2.05, 4.69) is 15.0 Å². The fraction of sp³-hybridized carbons (Fsp3) is 0.286. The van der Waals surface area contributed by atoms with Crippen molar-refractivity contribution in [3.63, 3.8) is 0 Å². The smallest absolute Gasteiger partial charge is 0.267 e. The Morgan fingerprint density at radius 1 is 1.23 bits per heavy atom. The van der Waals surface area contributed by atoms with Crippen molar-refractivity contribution in [2.24, 2.45) is 0 Å². The van der Waals surface area contributed by atoms with E-state index in [9.17, 15) is 13.2 Å². The molecule has 0 saturated heterocycles. The van der Waals surface area contributed by atoms with Gasteiger partial charge in [-0.25, -0.2) is 13.4 Å². The fourth-order valence-electron chi connectivity index (χ4n) is 1.94. The van der Waals surface area contributed by atoms with Gasteiger partial charge in [-0.05, 0) is 32.4 Å². The molecule has 22 heavy (non-hydrogen) atoms. The van der Waals surface area contributed by atoms with Crippen LogP contribution in [0.3, 0.4) is 0 Å². The molecule has 0 fully saturated rings. The summed E-state index contributed by atoms with van der Waals surface area (Å²) in [5, 5.41) is 3.01. The largest absolute Gasteiger partial charge is 0.321 e. The highest BCUT2D eigenvalue weighted by Crippen LogP contribution is 2.25. The van der Waals surface area contributed by atoms with Gasteiger partial charge in [0.1, 0.15) is 4.88 Å². The second-order valence-corrected chi connectivity index (χ2v) is 7.83. The molecule has 2 rings (SSSR count). The zero-order valence-corrected chi connectivity index (χ0v) is 14.4. The highest BCUT2D eigenvalue weighted by molar-refractivity contribution is 7.92. The lowest BCUT2D eigenvalue weighted by molar-refractivity contribution is 0.102. The minimum absolute atomic E-state index is 0.186. The molecule has 0 aliphatic heterocycles. The lowest BCUT2D eigenvalue weighted by Gasteiger charge is -2.08. The van der Waals surface area contributed by atoms with E-state index in [1.54, 1.807) is 6.92 Å². The number of benzene rings is 1. The molecule has 1 aromatic carbocycles. The summed E-state index contributed by atoms with van der Waals surface area (Å²) in [5.41, 5.74) is 3.29. The topological polar surface area (TPSA) is 88.2 Å². The average molecular weight is 339 g/mol. The van der Waals surface area contributed by atoms with Gasteiger partial charge in [-0.3, -0.25) is 9.52 Å². The Bertz CT molecular complexity index is 826. The number of hydrogen-bond acceptors (Lipinski definition) is 5. The number of rotatable bonds is 4. The second kappa shape index (κ2) is 6.05. The van der Waals surface area contributed by atoms with Crippen LogP contribution in [0.25, 0.3) is 0 Å². The quantitative estimate of drug-likeness (QED) is 0.896. The van der Waals surface area contributed by atoms with Crippen molar-refractivity contribution in [2.45, 2.75) is 20.8 Å². The van der Waals surface area contributed by atoms with E-state index < -0.39 is 10.0 Å². The third-order valence-corrected chi connectivity index (χ3v) is 4.67. The number of sulfonamides is 1. The lowest BCUT2D eigenvalue weighted by Crippen LogP contribution is -2.12. The van der Waals surface area contributed by atoms with Crippen molar-refractivity contribution in [1.82, 2.24) is 4.98 Å². The second-order valence-electron chi connectivity index (χ2n) is 5.08. The molecule has 118 valence electrons. The first kappa shape index (κ1) is 16.4. The number of carbonyl (C=O) groups excluding carboxylic acids is 1. The Morgan fingerprint density at radius 3 is 2.50 bits per heavy atom. The van der Waals surface area contributed by atoms with Gasteiger partial charge in [0.15, 0.2) is 5.13 Å². The number of anilines is 2. The van der Waals surface area contributed by atoms with Crippen LogP contribution < -0.4 is 10.0 Å². The predicted molar refractivity (Wildman–Crippen MR) is 89.2 cm³/mol. The van der Waals surface area contributed by atoms with E-state index in [0.29, 0.717) is 10.6 Å². The van der Waals surface area contributed by atoms with Gasteiger partial charge >= 0.3 is 0 Å². The molecule has 0 atom stereocenters. The number of amides is 1. The van der Waals surface area contributed by atoms with Gasteiger partial charge in [0.25, 0.3) is 5.91 Å². The van der Waals surface area contributed by atoms with Gasteiger partial charge in [0.05, 0.1) is 11.9 Å². The summed E-state index contributed by atoms with van der Waals surface area (Å²) in [6.45, 7) is 5.56. The first-order valence-corrected chi connectivity index (χ1v) is 9.20. The Balaban J connectivity index is 2.23. The summed E-state index contributed by atoms with van der Waals surface area (Å²) in [5.74, 6) is -0.302. The Morgan fingerprint density at radius 2 is 1.91 bits per heavy atom. The molecule has 1 aromatic heterocycles. The van der Waals surface area contributed by atoms with Crippen LogP contribution in [-0.4, -0.2) is 25.6 Å². The molecule has 0 aliphatic rings. The van der Waals surface area contributed by atoms with Crippen LogP contribution in [-0.2, 0) is 10.0 Å². The maximum Gasteiger partial charge on any atom is 0.267 e. The van der Waals surface area contributed by atoms with Gasteiger partial charge < -0.3 is 5.32 Å². The minimum atomic E-state index is -3.41. The van der Waals surface area contributed by atoms with Crippen LogP contribution in [0, 0.1) is 20.8 Å². The number of aromatic nitrogens is 1. The number of hydrogen-bond donors (Lipinski definition) is 2. The molecule has 2 N–H and O–H groups in total. The minimum Gasteiger partial charge on any atom is -0.321 e. The van der Waals surface area contributed by atoms with Gasteiger partial charge in [-0.1, -0.05) is 29.0 Å². The van der Waals surface area contributed by atoms with E-state index in [4.69, 9.17) is 0 Å². The average Bonchev–Trinajstić information content (AvgIpc) is 2.71. The van der Waals surface area contributed by atoms with Crippen LogP contribution in [0.15, 0.2) is 18.2 Å².